The Morgan fingerprint density at radius 2 is 2.04 bits per heavy atom. The van der Waals surface area contributed by atoms with Crippen LogP contribution in [-0.4, -0.2) is 47.4 Å². The average molecular weight is 427 g/mol. The van der Waals surface area contributed by atoms with Gasteiger partial charge in [0, 0.05) is 10.9 Å². The molecular weight excluding hydrogens is 408 g/mol. The van der Waals surface area contributed by atoms with Crippen LogP contribution in [0, 0.1) is 6.92 Å². The van der Waals surface area contributed by atoms with Gasteiger partial charge >= 0.3 is 0 Å². The van der Waals surface area contributed by atoms with Crippen LogP contribution in [0.2, 0.25) is 0 Å². The Balaban J connectivity index is 1.59. The lowest BCUT2D eigenvalue weighted by Crippen LogP contribution is -2.36. The Hall–Kier alpha value is -1.85. The van der Waals surface area contributed by atoms with Gasteiger partial charge in [0.25, 0.3) is 11.8 Å². The smallest absolute Gasteiger partial charge is 0.269 e. The summed E-state index contributed by atoms with van der Waals surface area (Å²) in [5, 5.41) is 10.0. The number of anilines is 1. The molecule has 1 aliphatic heterocycles. The molecular formula is C16H18N4O4S3. The summed E-state index contributed by atoms with van der Waals surface area (Å²) in [5.74, 6) is -0.578. The van der Waals surface area contributed by atoms with Crippen molar-refractivity contribution in [2.24, 2.45) is 0 Å². The van der Waals surface area contributed by atoms with Crippen LogP contribution >= 0.6 is 22.9 Å². The molecule has 0 radical (unpaired) electrons. The van der Waals surface area contributed by atoms with Crippen LogP contribution in [0.15, 0.2) is 0 Å². The van der Waals surface area contributed by atoms with Gasteiger partial charge in [0.15, 0.2) is 9.84 Å². The van der Waals surface area contributed by atoms with E-state index in [1.807, 2.05) is 0 Å². The third-order valence-corrected chi connectivity index (χ3v) is 8.60. The van der Waals surface area contributed by atoms with Crippen LogP contribution in [0.25, 0.3) is 0 Å². The first kappa shape index (κ1) is 18.5. The molecule has 2 aromatic heterocycles. The average Bonchev–Trinajstić information content (AvgIpc) is 3.32. The molecule has 2 N–H and O–H groups in total. The van der Waals surface area contributed by atoms with E-state index in [0.717, 1.165) is 41.2 Å². The maximum Gasteiger partial charge on any atom is 0.269 e. The maximum absolute atomic E-state index is 12.9. The number of amides is 2. The first-order valence-electron chi connectivity index (χ1n) is 8.60. The summed E-state index contributed by atoms with van der Waals surface area (Å²) >= 11 is 2.43. The fourth-order valence-corrected chi connectivity index (χ4v) is 7.01. The summed E-state index contributed by atoms with van der Waals surface area (Å²) in [7, 11) is -3.08. The minimum atomic E-state index is -3.08. The third-order valence-electron chi connectivity index (χ3n) is 4.80. The number of carbonyl (C=O) groups excluding carboxylic acids is 2. The molecule has 1 atom stereocenters. The van der Waals surface area contributed by atoms with Gasteiger partial charge in [0.1, 0.15) is 9.88 Å². The zero-order valence-corrected chi connectivity index (χ0v) is 17.0. The Labute approximate surface area is 164 Å². The molecule has 8 nitrogen and oxygen atoms in total. The van der Waals surface area contributed by atoms with Crippen LogP contribution in [0.4, 0.5) is 5.00 Å². The van der Waals surface area contributed by atoms with Crippen LogP contribution < -0.4 is 10.6 Å². The monoisotopic (exact) mass is 426 g/mol. The summed E-state index contributed by atoms with van der Waals surface area (Å²) in [5.41, 5.74) is 1.98. The fraction of sp³-hybridized carbons (Fsp3) is 0.500. The minimum absolute atomic E-state index is 0.0293. The Bertz CT molecular complexity index is 1020. The molecule has 0 spiro atoms. The van der Waals surface area contributed by atoms with Crippen molar-refractivity contribution in [3.05, 3.63) is 26.6 Å². The number of hydrogen-bond acceptors (Lipinski definition) is 8. The number of nitrogens with zero attached hydrogens (tertiary/aromatic N) is 2. The predicted molar refractivity (Wildman–Crippen MR) is 103 cm³/mol. The summed E-state index contributed by atoms with van der Waals surface area (Å²) < 4.78 is 27.1. The van der Waals surface area contributed by atoms with Crippen molar-refractivity contribution in [2.75, 3.05) is 16.8 Å². The van der Waals surface area contributed by atoms with Gasteiger partial charge in [-0.25, -0.2) is 8.42 Å². The molecule has 1 fully saturated rings. The van der Waals surface area contributed by atoms with Gasteiger partial charge in [-0.05, 0) is 49.7 Å². The molecule has 0 aromatic carbocycles. The Morgan fingerprint density at radius 1 is 1.22 bits per heavy atom. The highest BCUT2D eigenvalue weighted by molar-refractivity contribution is 7.91. The first-order chi connectivity index (χ1) is 12.8. The molecule has 2 aliphatic rings. The minimum Gasteiger partial charge on any atom is -0.348 e. The van der Waals surface area contributed by atoms with Crippen molar-refractivity contribution in [3.63, 3.8) is 0 Å². The van der Waals surface area contributed by atoms with E-state index in [1.54, 1.807) is 6.92 Å². The van der Waals surface area contributed by atoms with E-state index in [1.165, 1.54) is 11.3 Å². The highest BCUT2D eigenvalue weighted by atomic mass is 32.2. The van der Waals surface area contributed by atoms with Gasteiger partial charge < -0.3 is 10.6 Å². The van der Waals surface area contributed by atoms with Gasteiger partial charge in [-0.2, -0.15) is 0 Å². The molecule has 3 heterocycles. The summed E-state index contributed by atoms with van der Waals surface area (Å²) in [4.78, 5) is 27.0. The second-order valence-electron chi connectivity index (χ2n) is 6.78. The molecule has 0 unspecified atom stereocenters. The molecule has 4 rings (SSSR count). The Morgan fingerprint density at radius 3 is 2.70 bits per heavy atom. The maximum atomic E-state index is 12.9. The molecule has 2 amide bonds. The van der Waals surface area contributed by atoms with E-state index in [0.29, 0.717) is 27.6 Å². The first-order valence-corrected chi connectivity index (χ1v) is 12.0. The van der Waals surface area contributed by atoms with E-state index in [4.69, 9.17) is 0 Å². The second-order valence-corrected chi connectivity index (χ2v) is 10.9. The summed E-state index contributed by atoms with van der Waals surface area (Å²) in [6, 6.07) is -0.379. The molecule has 1 saturated heterocycles. The van der Waals surface area contributed by atoms with Crippen LogP contribution in [0.1, 0.15) is 49.0 Å². The van der Waals surface area contributed by atoms with Gasteiger partial charge in [-0.1, -0.05) is 4.49 Å². The highest BCUT2D eigenvalue weighted by Crippen LogP contribution is 2.39. The van der Waals surface area contributed by atoms with Gasteiger partial charge in [0.05, 0.1) is 22.8 Å². The fourth-order valence-electron chi connectivity index (χ4n) is 3.50. The second kappa shape index (κ2) is 6.95. The number of aromatic nitrogens is 2. The van der Waals surface area contributed by atoms with E-state index >= 15 is 0 Å². The zero-order valence-electron chi connectivity index (χ0n) is 14.6. The van der Waals surface area contributed by atoms with Crippen molar-refractivity contribution in [1.82, 2.24) is 14.9 Å². The van der Waals surface area contributed by atoms with Crippen molar-refractivity contribution in [1.29, 1.82) is 0 Å². The molecule has 0 bridgehead atoms. The van der Waals surface area contributed by atoms with Crippen molar-refractivity contribution in [3.8, 4) is 0 Å². The molecule has 27 heavy (non-hydrogen) atoms. The lowest BCUT2D eigenvalue weighted by Gasteiger charge is -2.13. The van der Waals surface area contributed by atoms with Crippen molar-refractivity contribution in [2.45, 2.75) is 38.6 Å². The van der Waals surface area contributed by atoms with Crippen LogP contribution in [0.3, 0.4) is 0 Å². The van der Waals surface area contributed by atoms with Crippen molar-refractivity contribution < 1.29 is 18.0 Å². The van der Waals surface area contributed by atoms with E-state index in [-0.39, 0.29) is 29.4 Å². The topological polar surface area (TPSA) is 118 Å². The van der Waals surface area contributed by atoms with Gasteiger partial charge in [0.2, 0.25) is 0 Å². The number of sulfone groups is 1. The molecule has 144 valence electrons. The molecule has 11 heteroatoms. The summed E-state index contributed by atoms with van der Waals surface area (Å²) in [6.45, 7) is 1.71. The molecule has 1 aliphatic carbocycles. The summed E-state index contributed by atoms with van der Waals surface area (Å²) in [6.07, 6.45) is 3.07. The quantitative estimate of drug-likeness (QED) is 0.766. The number of carbonyl (C=O) groups is 2. The Kier molecular flexibility index (Phi) is 4.77. The third kappa shape index (κ3) is 3.63. The van der Waals surface area contributed by atoms with Crippen LogP contribution in [0.5, 0.6) is 0 Å². The largest absolute Gasteiger partial charge is 0.348 e. The SMILES string of the molecule is Cc1nnsc1C(=O)Nc1sc2c(c1C(=O)N[C@H]1CCS(=O)(=O)C1)CCC2. The number of aryl methyl sites for hydroxylation is 2. The predicted octanol–water partition coefficient (Wildman–Crippen LogP) is 1.57. The van der Waals surface area contributed by atoms with Crippen LogP contribution in [-0.2, 0) is 22.7 Å². The molecule has 0 saturated carbocycles. The normalized spacial score (nSPS) is 20.4. The van der Waals surface area contributed by atoms with Gasteiger partial charge in [-0.15, -0.1) is 16.4 Å². The van der Waals surface area contributed by atoms with Gasteiger partial charge in [-0.3, -0.25) is 9.59 Å². The lowest BCUT2D eigenvalue weighted by molar-refractivity contribution is 0.0941. The molecule has 2 aromatic rings. The number of hydrogen-bond donors (Lipinski definition) is 2. The number of fused-ring (bicyclic) bond motifs is 1. The number of rotatable bonds is 4. The van der Waals surface area contributed by atoms with E-state index < -0.39 is 9.84 Å². The van der Waals surface area contributed by atoms with Crippen molar-refractivity contribution >= 4 is 49.5 Å². The lowest BCUT2D eigenvalue weighted by atomic mass is 10.1. The number of nitrogens with one attached hydrogen (secondary N) is 2. The standard InChI is InChI=1S/C16H18N4O4S3/c1-8-13(26-20-19-8)15(22)18-16-12(10-3-2-4-11(10)25-16)14(21)17-9-5-6-27(23,24)7-9/h9H,2-7H2,1H3,(H,17,21)(H,18,22)/t9-/m0/s1. The highest BCUT2D eigenvalue weighted by Gasteiger charge is 2.33. The zero-order chi connectivity index (χ0) is 19.2. The van der Waals surface area contributed by atoms with E-state index in [2.05, 4.69) is 20.2 Å². The number of thiophene rings is 1. The van der Waals surface area contributed by atoms with E-state index in [9.17, 15) is 18.0 Å².